The Morgan fingerprint density at radius 3 is 2.74 bits per heavy atom. The number of aromatic amines is 1. The van der Waals surface area contributed by atoms with Crippen molar-refractivity contribution in [3.05, 3.63) is 30.1 Å². The first-order chi connectivity index (χ1) is 9.40. The second-order valence-electron chi connectivity index (χ2n) is 4.70. The molecule has 96 valence electrons. The molecule has 0 saturated carbocycles. The van der Waals surface area contributed by atoms with E-state index in [1.54, 1.807) is 6.33 Å². The summed E-state index contributed by atoms with van der Waals surface area (Å²) in [7, 11) is 0. The van der Waals surface area contributed by atoms with Crippen molar-refractivity contribution in [2.75, 3.05) is 18.0 Å². The highest BCUT2D eigenvalue weighted by atomic mass is 15.2. The molecule has 1 aromatic heterocycles. The van der Waals surface area contributed by atoms with Gasteiger partial charge < -0.3 is 9.88 Å². The Morgan fingerprint density at radius 2 is 2.05 bits per heavy atom. The standard InChI is InChI=1S/C14H15N5/c15-9-11-5-4-6-12(14-16-10-17-18-14)13(11)19-7-2-1-3-8-19/h4-6,10H,1-3,7-8H2,(H,16,17,18). The van der Waals surface area contributed by atoms with Crippen LogP contribution in [0, 0.1) is 11.3 Å². The van der Waals surface area contributed by atoms with Crippen LogP contribution in [0.4, 0.5) is 5.69 Å². The molecule has 0 aliphatic carbocycles. The Morgan fingerprint density at radius 1 is 1.21 bits per heavy atom. The summed E-state index contributed by atoms with van der Waals surface area (Å²) in [6.45, 7) is 2.00. The molecule has 19 heavy (non-hydrogen) atoms. The minimum atomic E-state index is 0.704. The third-order valence-electron chi connectivity index (χ3n) is 3.50. The maximum Gasteiger partial charge on any atom is 0.163 e. The number of nitrogens with one attached hydrogen (secondary N) is 1. The number of hydrogen-bond donors (Lipinski definition) is 1. The van der Waals surface area contributed by atoms with Crippen LogP contribution < -0.4 is 4.90 Å². The number of H-pyrrole nitrogens is 1. The third-order valence-corrected chi connectivity index (χ3v) is 3.50. The Bertz CT molecular complexity index is 591. The van der Waals surface area contributed by atoms with Crippen molar-refractivity contribution in [1.29, 1.82) is 5.26 Å². The van der Waals surface area contributed by atoms with Gasteiger partial charge in [-0.05, 0) is 31.4 Å². The zero-order valence-electron chi connectivity index (χ0n) is 10.6. The predicted molar refractivity (Wildman–Crippen MR) is 72.6 cm³/mol. The van der Waals surface area contributed by atoms with E-state index in [9.17, 15) is 5.26 Å². The molecule has 3 rings (SSSR count). The van der Waals surface area contributed by atoms with Gasteiger partial charge in [-0.25, -0.2) is 0 Å². The summed E-state index contributed by atoms with van der Waals surface area (Å²) in [6.07, 6.45) is 5.18. The zero-order valence-corrected chi connectivity index (χ0v) is 10.6. The van der Waals surface area contributed by atoms with Crippen LogP contribution in [0.2, 0.25) is 0 Å². The van der Waals surface area contributed by atoms with Crippen molar-refractivity contribution >= 4 is 5.69 Å². The second-order valence-corrected chi connectivity index (χ2v) is 4.70. The summed E-state index contributed by atoms with van der Waals surface area (Å²) < 4.78 is 0. The van der Waals surface area contributed by atoms with E-state index in [4.69, 9.17) is 0 Å². The molecule has 1 aliphatic rings. The van der Waals surface area contributed by atoms with Crippen LogP contribution in [0.3, 0.4) is 0 Å². The van der Waals surface area contributed by atoms with E-state index in [2.05, 4.69) is 26.2 Å². The number of nitrogens with zero attached hydrogens (tertiary/aromatic N) is 4. The van der Waals surface area contributed by atoms with Gasteiger partial charge in [0.05, 0.1) is 11.3 Å². The summed E-state index contributed by atoms with van der Waals surface area (Å²) in [5.41, 5.74) is 2.65. The van der Waals surface area contributed by atoms with Crippen LogP contribution >= 0.6 is 0 Å². The van der Waals surface area contributed by atoms with Crippen molar-refractivity contribution in [3.63, 3.8) is 0 Å². The van der Waals surface area contributed by atoms with Gasteiger partial charge in [-0.2, -0.15) is 5.26 Å². The Labute approximate surface area is 111 Å². The average molecular weight is 253 g/mol. The quantitative estimate of drug-likeness (QED) is 0.891. The first kappa shape index (κ1) is 11.7. The molecule has 2 aromatic rings. The van der Waals surface area contributed by atoms with Gasteiger partial charge >= 0.3 is 0 Å². The normalized spacial score (nSPS) is 15.2. The van der Waals surface area contributed by atoms with Gasteiger partial charge in [0.1, 0.15) is 12.4 Å². The zero-order chi connectivity index (χ0) is 13.1. The van der Waals surface area contributed by atoms with E-state index in [1.807, 2.05) is 18.2 Å². The van der Waals surface area contributed by atoms with Crippen molar-refractivity contribution in [3.8, 4) is 17.5 Å². The molecule has 1 fully saturated rings. The Balaban J connectivity index is 2.11. The highest BCUT2D eigenvalue weighted by Gasteiger charge is 2.20. The summed E-state index contributed by atoms with van der Waals surface area (Å²) in [6, 6.07) is 8.04. The minimum absolute atomic E-state index is 0.704. The van der Waals surface area contributed by atoms with E-state index in [1.165, 1.54) is 19.3 Å². The maximum absolute atomic E-state index is 9.35. The summed E-state index contributed by atoms with van der Waals surface area (Å²) in [5, 5.41) is 17.3. The molecule has 1 aliphatic heterocycles. The molecule has 0 bridgehead atoms. The third kappa shape index (κ3) is 2.17. The van der Waals surface area contributed by atoms with Crippen LogP contribution in [0.15, 0.2) is 24.5 Å². The topological polar surface area (TPSA) is 68.6 Å². The molecular formula is C14H15N5. The van der Waals surface area contributed by atoms with Crippen molar-refractivity contribution in [2.45, 2.75) is 19.3 Å². The van der Waals surface area contributed by atoms with Crippen LogP contribution in [-0.4, -0.2) is 28.3 Å². The Kier molecular flexibility index (Phi) is 3.15. The molecule has 0 unspecified atom stereocenters. The number of benzene rings is 1. The van der Waals surface area contributed by atoms with Crippen molar-refractivity contribution in [2.24, 2.45) is 0 Å². The highest BCUT2D eigenvalue weighted by Crippen LogP contribution is 2.33. The second kappa shape index (κ2) is 5.11. The monoisotopic (exact) mass is 253 g/mol. The van der Waals surface area contributed by atoms with E-state index < -0.39 is 0 Å². The van der Waals surface area contributed by atoms with Crippen LogP contribution in [0.1, 0.15) is 24.8 Å². The molecule has 0 spiro atoms. The Hall–Kier alpha value is -2.35. The first-order valence-electron chi connectivity index (χ1n) is 6.54. The SMILES string of the molecule is N#Cc1cccc(-c2nnc[nH]2)c1N1CCCCC1. The lowest BCUT2D eigenvalue weighted by atomic mass is 10.0. The minimum Gasteiger partial charge on any atom is -0.370 e. The highest BCUT2D eigenvalue weighted by molar-refractivity contribution is 5.79. The van der Waals surface area contributed by atoms with Gasteiger partial charge in [-0.1, -0.05) is 6.07 Å². The molecule has 1 aromatic carbocycles. The number of para-hydroxylation sites is 1. The van der Waals surface area contributed by atoms with Crippen molar-refractivity contribution < 1.29 is 0 Å². The molecule has 0 amide bonds. The smallest absolute Gasteiger partial charge is 0.163 e. The molecule has 0 radical (unpaired) electrons. The fourth-order valence-electron chi connectivity index (χ4n) is 2.62. The summed E-state index contributed by atoms with van der Waals surface area (Å²) in [5.74, 6) is 0.720. The van der Waals surface area contributed by atoms with Gasteiger partial charge in [0, 0.05) is 18.7 Å². The largest absolute Gasteiger partial charge is 0.370 e. The molecule has 1 N–H and O–H groups in total. The van der Waals surface area contributed by atoms with Gasteiger partial charge in [0.25, 0.3) is 0 Å². The summed E-state index contributed by atoms with van der Waals surface area (Å²) >= 11 is 0. The van der Waals surface area contributed by atoms with Crippen molar-refractivity contribution in [1.82, 2.24) is 15.2 Å². The van der Waals surface area contributed by atoms with Crippen LogP contribution in [-0.2, 0) is 0 Å². The number of hydrogen-bond acceptors (Lipinski definition) is 4. The molecule has 5 heteroatoms. The van der Waals surface area contributed by atoms with Gasteiger partial charge in [-0.3, -0.25) is 0 Å². The van der Waals surface area contributed by atoms with E-state index in [0.717, 1.165) is 30.2 Å². The lowest BCUT2D eigenvalue weighted by Crippen LogP contribution is -2.30. The van der Waals surface area contributed by atoms with Crippen LogP contribution in [0.5, 0.6) is 0 Å². The molecule has 2 heterocycles. The van der Waals surface area contributed by atoms with E-state index in [-0.39, 0.29) is 0 Å². The van der Waals surface area contributed by atoms with Gasteiger partial charge in [0.2, 0.25) is 0 Å². The fraction of sp³-hybridized carbons (Fsp3) is 0.357. The van der Waals surface area contributed by atoms with E-state index in [0.29, 0.717) is 5.56 Å². The maximum atomic E-state index is 9.35. The number of aromatic nitrogens is 3. The molecular weight excluding hydrogens is 238 g/mol. The average Bonchev–Trinajstić information content (AvgIpc) is 3.01. The lowest BCUT2D eigenvalue weighted by molar-refractivity contribution is 0.578. The summed E-state index contributed by atoms with van der Waals surface area (Å²) in [4.78, 5) is 5.32. The molecule has 0 atom stereocenters. The van der Waals surface area contributed by atoms with Gasteiger partial charge in [0.15, 0.2) is 5.82 Å². The van der Waals surface area contributed by atoms with Gasteiger partial charge in [-0.15, -0.1) is 10.2 Å². The fourth-order valence-corrected chi connectivity index (χ4v) is 2.62. The van der Waals surface area contributed by atoms with E-state index >= 15 is 0 Å². The number of piperidine rings is 1. The predicted octanol–water partition coefficient (Wildman–Crippen LogP) is 2.33. The first-order valence-corrected chi connectivity index (χ1v) is 6.54. The number of rotatable bonds is 2. The van der Waals surface area contributed by atoms with Crippen LogP contribution in [0.25, 0.3) is 11.4 Å². The molecule has 1 saturated heterocycles. The number of anilines is 1. The lowest BCUT2D eigenvalue weighted by Gasteiger charge is -2.30. The number of nitriles is 1. The molecule has 5 nitrogen and oxygen atoms in total.